The highest BCUT2D eigenvalue weighted by Crippen LogP contribution is 2.11. The molecule has 2 rings (SSSR count). The van der Waals surface area contributed by atoms with Crippen LogP contribution in [-0.4, -0.2) is 12.6 Å². The third-order valence-electron chi connectivity index (χ3n) is 3.54. The summed E-state index contributed by atoms with van der Waals surface area (Å²) in [7, 11) is 0. The first kappa shape index (κ1) is 20.4. The van der Waals surface area contributed by atoms with Crippen LogP contribution in [0.2, 0.25) is 0 Å². The zero-order chi connectivity index (χ0) is 16.5. The van der Waals surface area contributed by atoms with Crippen molar-refractivity contribution in [1.82, 2.24) is 0 Å². The van der Waals surface area contributed by atoms with Crippen LogP contribution in [0.5, 0.6) is 0 Å². The molecule has 4 nitrogen and oxygen atoms in total. The maximum absolute atomic E-state index is 5.96. The Kier molecular flexibility index (Phi) is 9.41. The predicted molar refractivity (Wildman–Crippen MR) is 112 cm³/mol. The molecule has 3 N–H and O–H groups in total. The lowest BCUT2D eigenvalue weighted by Crippen LogP contribution is -2.22. The summed E-state index contributed by atoms with van der Waals surface area (Å²) >= 11 is 0. The maximum atomic E-state index is 5.96. The Morgan fingerprint density at radius 2 is 1.75 bits per heavy atom. The van der Waals surface area contributed by atoms with Gasteiger partial charge >= 0.3 is 0 Å². The molecule has 0 spiro atoms. The van der Waals surface area contributed by atoms with Crippen LogP contribution in [0.15, 0.2) is 53.5 Å². The molecule has 2 aromatic carbocycles. The van der Waals surface area contributed by atoms with Crippen molar-refractivity contribution >= 4 is 35.6 Å². The summed E-state index contributed by atoms with van der Waals surface area (Å²) in [6.45, 7) is 6.06. The first-order valence-electron chi connectivity index (χ1n) is 8.02. The summed E-state index contributed by atoms with van der Waals surface area (Å²) in [5.41, 5.74) is 10.5. The highest BCUT2D eigenvalue weighted by atomic mass is 127. The summed E-state index contributed by atoms with van der Waals surface area (Å²) in [6, 6.07) is 16.4. The normalized spacial score (nSPS) is 11.0. The van der Waals surface area contributed by atoms with Crippen LogP contribution < -0.4 is 11.1 Å². The molecule has 0 unspecified atom stereocenters. The van der Waals surface area contributed by atoms with Gasteiger partial charge in [0.15, 0.2) is 5.96 Å². The SMILES string of the molecule is CCOCc1ccc(CN=C(N)Nc2cccc(CC)c2)cc1.I. The number of hydrogen-bond donors (Lipinski definition) is 2. The summed E-state index contributed by atoms with van der Waals surface area (Å²) in [6.07, 6.45) is 1.00. The number of anilines is 1. The van der Waals surface area contributed by atoms with Crippen molar-refractivity contribution in [3.05, 3.63) is 65.2 Å². The Morgan fingerprint density at radius 1 is 1.04 bits per heavy atom. The fourth-order valence-corrected chi connectivity index (χ4v) is 2.19. The number of nitrogens with two attached hydrogens (primary N) is 1. The first-order chi connectivity index (χ1) is 11.2. The third kappa shape index (κ3) is 6.88. The molecule has 0 atom stereocenters. The minimum Gasteiger partial charge on any atom is -0.377 e. The van der Waals surface area contributed by atoms with Gasteiger partial charge in [-0.2, -0.15) is 0 Å². The van der Waals surface area contributed by atoms with Crippen LogP contribution >= 0.6 is 24.0 Å². The molecule has 2 aromatic rings. The average Bonchev–Trinajstić information content (AvgIpc) is 2.59. The van der Waals surface area contributed by atoms with Crippen molar-refractivity contribution < 1.29 is 4.74 Å². The van der Waals surface area contributed by atoms with Crippen molar-refractivity contribution in [3.63, 3.8) is 0 Å². The van der Waals surface area contributed by atoms with Gasteiger partial charge in [0.05, 0.1) is 13.2 Å². The number of nitrogens with one attached hydrogen (secondary N) is 1. The molecule has 0 aromatic heterocycles. The smallest absolute Gasteiger partial charge is 0.193 e. The fraction of sp³-hybridized carbons (Fsp3) is 0.316. The molecule has 0 amide bonds. The van der Waals surface area contributed by atoms with Gasteiger partial charge in [-0.05, 0) is 42.2 Å². The lowest BCUT2D eigenvalue weighted by molar-refractivity contribution is 0.134. The summed E-state index contributed by atoms with van der Waals surface area (Å²) in [5.74, 6) is 0.427. The van der Waals surface area contributed by atoms with Crippen LogP contribution in [0.4, 0.5) is 5.69 Å². The summed E-state index contributed by atoms with van der Waals surface area (Å²) < 4.78 is 5.39. The summed E-state index contributed by atoms with van der Waals surface area (Å²) in [5, 5.41) is 3.13. The molecule has 0 aliphatic carbocycles. The number of halogens is 1. The monoisotopic (exact) mass is 439 g/mol. The van der Waals surface area contributed by atoms with Crippen LogP contribution in [0.25, 0.3) is 0 Å². The van der Waals surface area contributed by atoms with E-state index in [0.29, 0.717) is 19.1 Å². The zero-order valence-electron chi connectivity index (χ0n) is 14.3. The molecule has 0 aliphatic rings. The Morgan fingerprint density at radius 3 is 2.42 bits per heavy atom. The number of rotatable bonds is 7. The Balaban J connectivity index is 0.00000288. The number of nitrogens with zero attached hydrogens (tertiary/aromatic N) is 1. The van der Waals surface area contributed by atoms with E-state index in [0.717, 1.165) is 24.3 Å². The number of benzene rings is 2. The topological polar surface area (TPSA) is 59.6 Å². The fourth-order valence-electron chi connectivity index (χ4n) is 2.19. The van der Waals surface area contributed by atoms with Crippen molar-refractivity contribution in [3.8, 4) is 0 Å². The van der Waals surface area contributed by atoms with Crippen molar-refractivity contribution in [2.75, 3.05) is 11.9 Å². The Labute approximate surface area is 161 Å². The second-order valence-corrected chi connectivity index (χ2v) is 5.33. The molecule has 0 heterocycles. The molecule has 5 heteroatoms. The van der Waals surface area contributed by atoms with Gasteiger partial charge in [-0.25, -0.2) is 4.99 Å². The van der Waals surface area contributed by atoms with E-state index in [-0.39, 0.29) is 24.0 Å². The average molecular weight is 439 g/mol. The molecular weight excluding hydrogens is 413 g/mol. The van der Waals surface area contributed by atoms with E-state index in [2.05, 4.69) is 53.6 Å². The number of guanidine groups is 1. The number of ether oxygens (including phenoxy) is 1. The molecular formula is C19H26IN3O. The van der Waals surface area contributed by atoms with Crippen molar-refractivity contribution in [2.45, 2.75) is 33.4 Å². The van der Waals surface area contributed by atoms with Crippen molar-refractivity contribution in [1.29, 1.82) is 0 Å². The molecule has 0 fully saturated rings. The minimum absolute atomic E-state index is 0. The Bertz CT molecular complexity index is 641. The zero-order valence-corrected chi connectivity index (χ0v) is 16.6. The quantitative estimate of drug-likeness (QED) is 0.384. The molecule has 0 aliphatic heterocycles. The van der Waals surface area contributed by atoms with Crippen LogP contribution in [-0.2, 0) is 24.3 Å². The van der Waals surface area contributed by atoms with Crippen molar-refractivity contribution in [2.24, 2.45) is 10.7 Å². The molecule has 0 radical (unpaired) electrons. The molecule has 0 saturated carbocycles. The molecule has 24 heavy (non-hydrogen) atoms. The first-order valence-corrected chi connectivity index (χ1v) is 8.02. The molecule has 0 bridgehead atoms. The van der Waals surface area contributed by atoms with Gasteiger partial charge in [-0.1, -0.05) is 43.3 Å². The van der Waals surface area contributed by atoms with Crippen LogP contribution in [0.1, 0.15) is 30.5 Å². The number of hydrogen-bond acceptors (Lipinski definition) is 2. The van der Waals surface area contributed by atoms with E-state index < -0.39 is 0 Å². The second-order valence-electron chi connectivity index (χ2n) is 5.33. The van der Waals surface area contributed by atoms with E-state index in [1.807, 2.05) is 19.1 Å². The predicted octanol–water partition coefficient (Wildman–Crippen LogP) is 4.33. The van der Waals surface area contributed by atoms with Gasteiger partial charge in [0.1, 0.15) is 0 Å². The highest BCUT2D eigenvalue weighted by Gasteiger charge is 1.98. The molecule has 0 saturated heterocycles. The Hall–Kier alpha value is -1.60. The minimum atomic E-state index is 0. The van der Waals surface area contributed by atoms with Gasteiger partial charge in [-0.15, -0.1) is 24.0 Å². The van der Waals surface area contributed by atoms with Gasteiger partial charge < -0.3 is 15.8 Å². The van der Waals surface area contributed by atoms with E-state index >= 15 is 0 Å². The number of aliphatic imine (C=N–C) groups is 1. The highest BCUT2D eigenvalue weighted by molar-refractivity contribution is 14.0. The number of aryl methyl sites for hydroxylation is 1. The van der Waals surface area contributed by atoms with Crippen LogP contribution in [0, 0.1) is 0 Å². The van der Waals surface area contributed by atoms with Gasteiger partial charge in [0.2, 0.25) is 0 Å². The molecule has 130 valence electrons. The summed E-state index contributed by atoms with van der Waals surface area (Å²) in [4.78, 5) is 4.39. The maximum Gasteiger partial charge on any atom is 0.193 e. The van der Waals surface area contributed by atoms with E-state index in [9.17, 15) is 0 Å². The second kappa shape index (κ2) is 11.0. The standard InChI is InChI=1S/C19H25N3O.HI/c1-3-15-6-5-7-18(12-15)22-19(20)21-13-16-8-10-17(11-9-16)14-23-4-2;/h5-12H,3-4,13-14H2,1-2H3,(H3,20,21,22);1H. The van der Waals surface area contributed by atoms with E-state index in [4.69, 9.17) is 10.5 Å². The van der Waals surface area contributed by atoms with E-state index in [1.165, 1.54) is 11.1 Å². The van der Waals surface area contributed by atoms with Gasteiger partial charge in [-0.3, -0.25) is 0 Å². The third-order valence-corrected chi connectivity index (χ3v) is 3.54. The van der Waals surface area contributed by atoms with Gasteiger partial charge in [0, 0.05) is 12.3 Å². The lowest BCUT2D eigenvalue weighted by atomic mass is 10.1. The van der Waals surface area contributed by atoms with E-state index in [1.54, 1.807) is 0 Å². The lowest BCUT2D eigenvalue weighted by Gasteiger charge is -2.07. The van der Waals surface area contributed by atoms with Gasteiger partial charge in [0.25, 0.3) is 0 Å². The largest absolute Gasteiger partial charge is 0.377 e. The van der Waals surface area contributed by atoms with Crippen LogP contribution in [0.3, 0.4) is 0 Å².